The predicted molar refractivity (Wildman–Crippen MR) is 103 cm³/mol. The summed E-state index contributed by atoms with van der Waals surface area (Å²) >= 11 is 1.67. The highest BCUT2D eigenvalue weighted by atomic mass is 127. The van der Waals surface area contributed by atoms with Crippen molar-refractivity contribution < 1.29 is 33.2 Å². The molecule has 3 rings (SSSR count). The number of ether oxygens (including phenoxy) is 1. The van der Waals surface area contributed by atoms with Gasteiger partial charge >= 0.3 is 0 Å². The Morgan fingerprint density at radius 2 is 1.72 bits per heavy atom. The fourth-order valence-electron chi connectivity index (χ4n) is 2.77. The molecule has 0 saturated heterocycles. The number of nitrogens with zero attached hydrogens (tertiary/aromatic N) is 1. The van der Waals surface area contributed by atoms with E-state index in [0.29, 0.717) is 6.61 Å². The van der Waals surface area contributed by atoms with Crippen molar-refractivity contribution in [3.63, 3.8) is 0 Å². The van der Waals surface area contributed by atoms with Crippen LogP contribution in [0, 0.1) is 0 Å². The Morgan fingerprint density at radius 1 is 1.00 bits per heavy atom. The van der Waals surface area contributed by atoms with Gasteiger partial charge in [0.05, 0.1) is 40.9 Å². The molecule has 3 nitrogen and oxygen atoms in total. The number of benzene rings is 2. The van der Waals surface area contributed by atoms with E-state index in [1.54, 1.807) is 11.3 Å². The third-order valence-electron chi connectivity index (χ3n) is 4.03. The highest BCUT2D eigenvalue weighted by Gasteiger charge is 2.08. The normalized spacial score (nSPS) is 11.6. The molecule has 3 aromatic rings. The molecule has 25 heavy (non-hydrogen) atoms. The molecule has 0 aliphatic carbocycles. The molecule has 0 fully saturated rings. The van der Waals surface area contributed by atoms with Gasteiger partial charge in [0.2, 0.25) is 0 Å². The number of fused-ring (bicyclic) bond motifs is 2. The first-order valence-electron chi connectivity index (χ1n) is 8.27. The first kappa shape index (κ1) is 20.3. The van der Waals surface area contributed by atoms with Crippen molar-refractivity contribution in [2.45, 2.75) is 13.0 Å². The van der Waals surface area contributed by atoms with Crippen LogP contribution in [-0.4, -0.2) is 38.8 Å². The van der Waals surface area contributed by atoms with Crippen molar-refractivity contribution in [2.75, 3.05) is 34.3 Å². The highest BCUT2D eigenvalue weighted by molar-refractivity contribution is 7.24. The lowest BCUT2D eigenvalue weighted by Gasteiger charge is -2.23. The summed E-state index contributed by atoms with van der Waals surface area (Å²) in [5.74, 6) is 0. The average Bonchev–Trinajstić information content (AvgIpc) is 2.54. The van der Waals surface area contributed by atoms with Crippen LogP contribution >= 0.6 is 11.3 Å². The molecule has 2 aromatic carbocycles. The molecule has 0 saturated carbocycles. The first-order chi connectivity index (χ1) is 11.4. The number of halogens is 1. The Balaban J connectivity index is 0.00000225. The number of hydrogen-bond donors (Lipinski definition) is 0. The Hall–Kier alpha value is -1.02. The van der Waals surface area contributed by atoms with Gasteiger partial charge in [0, 0.05) is 26.6 Å². The van der Waals surface area contributed by atoms with Gasteiger partial charge in [0.1, 0.15) is 0 Å². The van der Waals surface area contributed by atoms with Crippen LogP contribution in [-0.2, 0) is 11.3 Å². The van der Waals surface area contributed by atoms with E-state index in [0.717, 1.165) is 49.8 Å². The van der Waals surface area contributed by atoms with E-state index < -0.39 is 0 Å². The molecular formula is C20H24INO2S. The summed E-state index contributed by atoms with van der Waals surface area (Å²) in [6, 6.07) is 13.9. The molecule has 0 atom stereocenters. The Morgan fingerprint density at radius 3 is 2.48 bits per heavy atom. The van der Waals surface area contributed by atoms with Gasteiger partial charge in [-0.25, -0.2) is 0 Å². The summed E-state index contributed by atoms with van der Waals surface area (Å²) in [6.45, 7) is 2.40. The molecule has 134 valence electrons. The molecule has 0 spiro atoms. The van der Waals surface area contributed by atoms with Gasteiger partial charge < -0.3 is 33.2 Å². The summed E-state index contributed by atoms with van der Waals surface area (Å²) in [6.07, 6.45) is 1.04. The number of rotatable bonds is 6. The van der Waals surface area contributed by atoms with Crippen molar-refractivity contribution in [1.29, 1.82) is 0 Å². The zero-order valence-corrected chi connectivity index (χ0v) is 17.9. The maximum absolute atomic E-state index is 12.7. The highest BCUT2D eigenvalue weighted by Crippen LogP contribution is 2.25. The maximum Gasteiger partial charge on any atom is 0.195 e. The second kappa shape index (κ2) is 8.58. The minimum atomic E-state index is 0. The van der Waals surface area contributed by atoms with Gasteiger partial charge in [-0.05, 0) is 29.8 Å². The van der Waals surface area contributed by atoms with Crippen molar-refractivity contribution in [2.24, 2.45) is 0 Å². The summed E-state index contributed by atoms with van der Waals surface area (Å²) in [4.78, 5) is 12.7. The van der Waals surface area contributed by atoms with Crippen molar-refractivity contribution in [1.82, 2.24) is 0 Å². The van der Waals surface area contributed by atoms with Crippen LogP contribution in [0.25, 0.3) is 20.2 Å². The van der Waals surface area contributed by atoms with Gasteiger partial charge in [-0.2, -0.15) is 0 Å². The van der Waals surface area contributed by atoms with Crippen molar-refractivity contribution in [3.05, 3.63) is 58.3 Å². The van der Waals surface area contributed by atoms with E-state index in [1.165, 1.54) is 0 Å². The fourth-order valence-corrected chi connectivity index (χ4v) is 3.82. The van der Waals surface area contributed by atoms with E-state index >= 15 is 0 Å². The monoisotopic (exact) mass is 469 g/mol. The van der Waals surface area contributed by atoms with Crippen LogP contribution in [0.3, 0.4) is 0 Å². The lowest BCUT2D eigenvalue weighted by molar-refractivity contribution is -0.870. The van der Waals surface area contributed by atoms with Gasteiger partial charge in [0.25, 0.3) is 0 Å². The molecule has 0 N–H and O–H groups in total. The molecule has 1 heterocycles. The standard InChI is InChI=1S/C20H24NO2S.HI/c1-21(2,3)11-6-12-23-14-15-9-10-19-17(13-15)20(22)16-7-4-5-8-18(16)24-19;/h4-5,7-10,13H,6,11-12,14H2,1-3H3;1H/q+1;/p-1. The molecule has 0 amide bonds. The second-order valence-corrected chi connectivity index (χ2v) is 8.26. The van der Waals surface area contributed by atoms with E-state index in [1.807, 2.05) is 36.4 Å². The summed E-state index contributed by atoms with van der Waals surface area (Å²) in [5, 5.41) is 1.60. The number of hydrogen-bond acceptors (Lipinski definition) is 3. The van der Waals surface area contributed by atoms with Crippen molar-refractivity contribution in [3.8, 4) is 0 Å². The molecule has 0 unspecified atom stereocenters. The molecule has 0 aliphatic heterocycles. The van der Waals surface area contributed by atoms with Crippen LogP contribution in [0.1, 0.15) is 12.0 Å². The summed E-state index contributed by atoms with van der Waals surface area (Å²) in [7, 11) is 6.56. The SMILES string of the molecule is C[N+](C)(C)CCCOCc1ccc2sc3ccccc3c(=O)c2c1.[I-]. The minimum absolute atomic E-state index is 0. The maximum atomic E-state index is 12.7. The molecule has 1 aromatic heterocycles. The third kappa shape index (κ3) is 5.23. The van der Waals surface area contributed by atoms with Crippen LogP contribution in [0.15, 0.2) is 47.3 Å². The third-order valence-corrected chi connectivity index (χ3v) is 5.18. The van der Waals surface area contributed by atoms with Gasteiger partial charge in [0.15, 0.2) is 5.43 Å². The molecule has 0 bridgehead atoms. The van der Waals surface area contributed by atoms with E-state index in [4.69, 9.17) is 4.74 Å². The van der Waals surface area contributed by atoms with Crippen LogP contribution in [0.4, 0.5) is 0 Å². The summed E-state index contributed by atoms with van der Waals surface area (Å²) < 4.78 is 8.81. The fraction of sp³-hybridized carbons (Fsp3) is 0.350. The van der Waals surface area contributed by atoms with Crippen LogP contribution in [0.2, 0.25) is 0 Å². The summed E-state index contributed by atoms with van der Waals surface area (Å²) in [5.41, 5.74) is 1.18. The molecule has 0 aliphatic rings. The zero-order valence-electron chi connectivity index (χ0n) is 14.9. The predicted octanol–water partition coefficient (Wildman–Crippen LogP) is 1.03. The van der Waals surface area contributed by atoms with E-state index in [2.05, 4.69) is 27.2 Å². The van der Waals surface area contributed by atoms with E-state index in [9.17, 15) is 4.79 Å². The van der Waals surface area contributed by atoms with Crippen molar-refractivity contribution >= 4 is 31.5 Å². The van der Waals surface area contributed by atoms with Gasteiger partial charge in [-0.15, -0.1) is 11.3 Å². The minimum Gasteiger partial charge on any atom is -1.00 e. The topological polar surface area (TPSA) is 26.3 Å². The van der Waals surface area contributed by atoms with E-state index in [-0.39, 0.29) is 29.4 Å². The molecular weight excluding hydrogens is 445 g/mol. The molecule has 0 radical (unpaired) electrons. The Bertz CT molecular complexity index is 915. The van der Waals surface area contributed by atoms with Crippen LogP contribution < -0.4 is 29.4 Å². The lowest BCUT2D eigenvalue weighted by Crippen LogP contribution is -3.00. The van der Waals surface area contributed by atoms with Crippen LogP contribution in [0.5, 0.6) is 0 Å². The zero-order chi connectivity index (χ0) is 17.2. The number of quaternary nitrogens is 1. The van der Waals surface area contributed by atoms with Gasteiger partial charge in [-0.3, -0.25) is 4.79 Å². The smallest absolute Gasteiger partial charge is 0.195 e. The average molecular weight is 469 g/mol. The Labute approximate surface area is 169 Å². The second-order valence-electron chi connectivity index (χ2n) is 7.18. The quantitative estimate of drug-likeness (QED) is 0.234. The molecule has 5 heteroatoms. The Kier molecular flexibility index (Phi) is 6.96. The largest absolute Gasteiger partial charge is 1.00 e. The first-order valence-corrected chi connectivity index (χ1v) is 9.08. The van der Waals surface area contributed by atoms with Gasteiger partial charge in [-0.1, -0.05) is 18.2 Å². The lowest BCUT2D eigenvalue weighted by atomic mass is 10.1.